The van der Waals surface area contributed by atoms with Crippen LogP contribution in [-0.4, -0.2) is 18.2 Å². The third-order valence-corrected chi connectivity index (χ3v) is 5.09. The van der Waals surface area contributed by atoms with Gasteiger partial charge in [0.2, 0.25) is 0 Å². The van der Waals surface area contributed by atoms with Gasteiger partial charge in [-0.1, -0.05) is 11.6 Å². The van der Waals surface area contributed by atoms with E-state index in [-0.39, 0.29) is 4.21 Å². The second-order valence-electron chi connectivity index (χ2n) is 3.22. The van der Waals surface area contributed by atoms with E-state index in [0.29, 0.717) is 16.7 Å². The molecule has 0 amide bonds. The maximum atomic E-state index is 11.9. The normalized spacial score (nSPS) is 11.6. The van der Waals surface area contributed by atoms with E-state index < -0.39 is 10.0 Å². The fourth-order valence-electron chi connectivity index (χ4n) is 1.22. The Kier molecular flexibility index (Phi) is 3.41. The Labute approximate surface area is 108 Å². The Morgan fingerprint density at radius 2 is 2.24 bits per heavy atom. The maximum absolute atomic E-state index is 11.9. The number of rotatable bonds is 4. The van der Waals surface area contributed by atoms with E-state index in [9.17, 15) is 8.42 Å². The highest BCUT2D eigenvalue weighted by Gasteiger charge is 2.17. The van der Waals surface area contributed by atoms with Crippen LogP contribution in [0.5, 0.6) is 0 Å². The van der Waals surface area contributed by atoms with Crippen molar-refractivity contribution in [3.05, 3.63) is 28.7 Å². The van der Waals surface area contributed by atoms with Gasteiger partial charge in [0.25, 0.3) is 10.0 Å². The molecule has 92 valence electrons. The topological polar surface area (TPSA) is 64.0 Å². The first-order valence-corrected chi connectivity index (χ1v) is 7.50. The molecule has 0 spiro atoms. The smallest absolute Gasteiger partial charge is 0.271 e. The fraction of sp³-hybridized carbons (Fsp3) is 0.222. The zero-order valence-electron chi connectivity index (χ0n) is 8.92. The van der Waals surface area contributed by atoms with Crippen LogP contribution in [0.3, 0.4) is 0 Å². The van der Waals surface area contributed by atoms with Crippen molar-refractivity contribution < 1.29 is 8.42 Å². The van der Waals surface area contributed by atoms with Crippen LogP contribution in [0.15, 0.2) is 28.6 Å². The lowest BCUT2D eigenvalue weighted by Crippen LogP contribution is -2.12. The van der Waals surface area contributed by atoms with Gasteiger partial charge in [0, 0.05) is 18.8 Å². The van der Waals surface area contributed by atoms with E-state index in [1.54, 1.807) is 23.0 Å². The number of aryl methyl sites for hydroxylation is 1. The predicted molar refractivity (Wildman–Crippen MR) is 68.0 cm³/mol. The Morgan fingerprint density at radius 1 is 1.47 bits per heavy atom. The summed E-state index contributed by atoms with van der Waals surface area (Å²) < 4.78 is 28.4. The highest BCUT2D eigenvalue weighted by atomic mass is 35.5. The van der Waals surface area contributed by atoms with Gasteiger partial charge < -0.3 is 0 Å². The lowest BCUT2D eigenvalue weighted by molar-refractivity contribution is 0.602. The molecule has 0 radical (unpaired) electrons. The summed E-state index contributed by atoms with van der Waals surface area (Å²) >= 11 is 6.71. The third-order valence-electron chi connectivity index (χ3n) is 2.02. The maximum Gasteiger partial charge on any atom is 0.272 e. The summed E-state index contributed by atoms with van der Waals surface area (Å²) in [5, 5.41) is 4.04. The van der Waals surface area contributed by atoms with Gasteiger partial charge in [-0.3, -0.25) is 9.40 Å². The van der Waals surface area contributed by atoms with Gasteiger partial charge in [0.15, 0.2) is 5.82 Å². The number of hydrogen-bond donors (Lipinski definition) is 1. The average Bonchev–Trinajstić information content (AvgIpc) is 2.86. The van der Waals surface area contributed by atoms with E-state index >= 15 is 0 Å². The number of sulfonamides is 1. The molecular weight excluding hydrogens is 282 g/mol. The van der Waals surface area contributed by atoms with Gasteiger partial charge in [0.05, 0.1) is 4.34 Å². The number of nitrogens with zero attached hydrogens (tertiary/aromatic N) is 2. The van der Waals surface area contributed by atoms with Crippen molar-refractivity contribution in [3.63, 3.8) is 0 Å². The van der Waals surface area contributed by atoms with Crippen LogP contribution in [0.2, 0.25) is 4.34 Å². The molecule has 0 fully saturated rings. The molecule has 0 unspecified atom stereocenters. The second-order valence-corrected chi connectivity index (χ2v) is 6.85. The SMILES string of the molecule is CCn1ccc(NS(=O)(=O)c2ccc(Cl)s2)n1. The molecule has 17 heavy (non-hydrogen) atoms. The minimum absolute atomic E-state index is 0.175. The van der Waals surface area contributed by atoms with Gasteiger partial charge in [-0.15, -0.1) is 11.3 Å². The van der Waals surface area contributed by atoms with Crippen LogP contribution in [-0.2, 0) is 16.6 Å². The molecule has 0 saturated heterocycles. The zero-order valence-corrected chi connectivity index (χ0v) is 11.3. The molecule has 1 N–H and O–H groups in total. The monoisotopic (exact) mass is 291 g/mol. The summed E-state index contributed by atoms with van der Waals surface area (Å²) in [6.07, 6.45) is 1.71. The molecule has 5 nitrogen and oxygen atoms in total. The Balaban J connectivity index is 2.23. The lowest BCUT2D eigenvalue weighted by Gasteiger charge is -2.02. The van der Waals surface area contributed by atoms with Crippen molar-refractivity contribution in [2.75, 3.05) is 4.72 Å². The molecule has 0 aliphatic rings. The van der Waals surface area contributed by atoms with Crippen LogP contribution in [0.1, 0.15) is 6.92 Å². The standard InChI is InChI=1S/C9H10ClN3O2S2/c1-2-13-6-5-8(11-13)12-17(14,15)9-4-3-7(10)16-9/h3-6H,2H2,1H3,(H,11,12). The largest absolute Gasteiger partial charge is 0.272 e. The Bertz CT molecular complexity index is 618. The number of halogens is 1. The van der Waals surface area contributed by atoms with E-state index in [1.165, 1.54) is 6.07 Å². The molecule has 2 aromatic rings. The Hall–Kier alpha value is -1.05. The summed E-state index contributed by atoms with van der Waals surface area (Å²) in [7, 11) is -3.58. The molecule has 2 heterocycles. The van der Waals surface area contributed by atoms with E-state index in [1.807, 2.05) is 6.92 Å². The lowest BCUT2D eigenvalue weighted by atomic mass is 10.7. The average molecular weight is 292 g/mol. The van der Waals surface area contributed by atoms with Crippen molar-refractivity contribution in [3.8, 4) is 0 Å². The van der Waals surface area contributed by atoms with Gasteiger partial charge in [-0.2, -0.15) is 5.10 Å². The first-order valence-electron chi connectivity index (χ1n) is 4.83. The van der Waals surface area contributed by atoms with Crippen molar-refractivity contribution in [1.82, 2.24) is 9.78 Å². The molecule has 0 atom stereocenters. The quantitative estimate of drug-likeness (QED) is 0.941. The van der Waals surface area contributed by atoms with Crippen molar-refractivity contribution in [2.24, 2.45) is 0 Å². The van der Waals surface area contributed by atoms with E-state index in [2.05, 4.69) is 9.82 Å². The van der Waals surface area contributed by atoms with Crippen molar-refractivity contribution >= 4 is 38.8 Å². The summed E-state index contributed by atoms with van der Waals surface area (Å²) in [5.74, 6) is 0.302. The van der Waals surface area contributed by atoms with Gasteiger partial charge in [-0.25, -0.2) is 8.42 Å². The zero-order chi connectivity index (χ0) is 12.5. The van der Waals surface area contributed by atoms with Crippen LogP contribution in [0.25, 0.3) is 0 Å². The molecular formula is C9H10ClN3O2S2. The third kappa shape index (κ3) is 2.80. The van der Waals surface area contributed by atoms with Crippen LogP contribution in [0, 0.1) is 0 Å². The van der Waals surface area contributed by atoms with E-state index in [4.69, 9.17) is 11.6 Å². The van der Waals surface area contributed by atoms with Crippen LogP contribution >= 0.6 is 22.9 Å². The van der Waals surface area contributed by atoms with Crippen LogP contribution in [0.4, 0.5) is 5.82 Å². The summed E-state index contributed by atoms with van der Waals surface area (Å²) in [6, 6.07) is 4.62. The number of aromatic nitrogens is 2. The predicted octanol–water partition coefficient (Wildman–Crippen LogP) is 2.42. The van der Waals surface area contributed by atoms with Crippen molar-refractivity contribution in [2.45, 2.75) is 17.7 Å². The summed E-state index contributed by atoms with van der Waals surface area (Å²) in [6.45, 7) is 2.61. The van der Waals surface area contributed by atoms with Gasteiger partial charge in [0.1, 0.15) is 4.21 Å². The summed E-state index contributed by atoms with van der Waals surface area (Å²) in [4.78, 5) is 0. The van der Waals surface area contributed by atoms with Gasteiger partial charge in [-0.05, 0) is 19.1 Å². The first kappa shape index (κ1) is 12.4. The molecule has 2 aromatic heterocycles. The minimum Gasteiger partial charge on any atom is -0.271 e. The molecule has 0 bridgehead atoms. The molecule has 8 heteroatoms. The van der Waals surface area contributed by atoms with Gasteiger partial charge >= 0.3 is 0 Å². The number of nitrogens with one attached hydrogen (secondary N) is 1. The van der Waals surface area contributed by atoms with E-state index in [0.717, 1.165) is 11.3 Å². The highest BCUT2D eigenvalue weighted by molar-refractivity contribution is 7.94. The fourth-order valence-corrected chi connectivity index (χ4v) is 3.70. The number of hydrogen-bond acceptors (Lipinski definition) is 4. The van der Waals surface area contributed by atoms with Crippen molar-refractivity contribution in [1.29, 1.82) is 0 Å². The Morgan fingerprint density at radius 3 is 2.76 bits per heavy atom. The molecule has 0 aromatic carbocycles. The number of anilines is 1. The number of thiophene rings is 1. The first-order chi connectivity index (χ1) is 8.01. The molecule has 0 saturated carbocycles. The van der Waals surface area contributed by atoms with Crippen LogP contribution < -0.4 is 4.72 Å². The molecule has 0 aliphatic heterocycles. The molecule has 0 aliphatic carbocycles. The molecule has 2 rings (SSSR count). The second kappa shape index (κ2) is 4.67. The minimum atomic E-state index is -3.58. The summed E-state index contributed by atoms with van der Waals surface area (Å²) in [5.41, 5.74) is 0. The highest BCUT2D eigenvalue weighted by Crippen LogP contribution is 2.26.